The molecule has 4 aromatic rings. The molecule has 0 bridgehead atoms. The maximum Gasteiger partial charge on any atom is 0.139 e. The van der Waals surface area contributed by atoms with Crippen molar-refractivity contribution in [1.29, 1.82) is 0 Å². The van der Waals surface area contributed by atoms with Gasteiger partial charge in [0.05, 0.1) is 24.7 Å². The number of hydrogen-bond donors (Lipinski definition) is 1. The molecule has 1 N–H and O–H groups in total. The first kappa shape index (κ1) is 19.0. The molecule has 0 aliphatic rings. The van der Waals surface area contributed by atoms with Gasteiger partial charge in [-0.2, -0.15) is 0 Å². The monoisotopic (exact) mass is 406 g/mol. The summed E-state index contributed by atoms with van der Waals surface area (Å²) >= 11 is 5.85. The maximum absolute atomic E-state index is 5.86. The van der Waals surface area contributed by atoms with Gasteiger partial charge in [-0.25, -0.2) is 9.97 Å². The van der Waals surface area contributed by atoms with Gasteiger partial charge >= 0.3 is 0 Å². The predicted octanol–water partition coefficient (Wildman–Crippen LogP) is 5.08. The molecule has 4 rings (SSSR count). The molecule has 0 fully saturated rings. The quantitative estimate of drug-likeness (QED) is 0.452. The molecule has 0 saturated carbocycles. The van der Waals surface area contributed by atoms with Crippen LogP contribution in [0, 0.1) is 6.92 Å². The van der Waals surface area contributed by atoms with Gasteiger partial charge in [-0.3, -0.25) is 4.98 Å². The van der Waals surface area contributed by atoms with Crippen molar-refractivity contribution in [3.8, 4) is 34.1 Å². The van der Waals surface area contributed by atoms with Gasteiger partial charge in [0.2, 0.25) is 0 Å². The molecule has 146 valence electrons. The third-order valence-electron chi connectivity index (χ3n) is 4.40. The summed E-state index contributed by atoms with van der Waals surface area (Å²) in [6, 6.07) is 13.3. The minimum Gasteiger partial charge on any atom is -0.496 e. The summed E-state index contributed by atoms with van der Waals surface area (Å²) in [7, 11) is 1.63. The second-order valence-corrected chi connectivity index (χ2v) is 6.88. The molecule has 0 saturated heterocycles. The molecular weight excluding hydrogens is 388 g/mol. The number of aromatic amines is 1. The predicted molar refractivity (Wildman–Crippen MR) is 112 cm³/mol. The summed E-state index contributed by atoms with van der Waals surface area (Å²) in [5, 5.41) is 0.443. The van der Waals surface area contributed by atoms with E-state index in [4.69, 9.17) is 21.1 Å². The van der Waals surface area contributed by atoms with Gasteiger partial charge in [0, 0.05) is 29.6 Å². The summed E-state index contributed by atoms with van der Waals surface area (Å²) in [6.45, 7) is 2.39. The fourth-order valence-electron chi connectivity index (χ4n) is 2.85. The number of pyridine rings is 2. The van der Waals surface area contributed by atoms with Crippen LogP contribution in [0.25, 0.3) is 22.6 Å². The zero-order valence-corrected chi connectivity index (χ0v) is 16.8. The third-order valence-corrected chi connectivity index (χ3v) is 4.62. The summed E-state index contributed by atoms with van der Waals surface area (Å²) < 4.78 is 11.4. The Morgan fingerprint density at radius 3 is 2.59 bits per heavy atom. The lowest BCUT2D eigenvalue weighted by Gasteiger charge is -2.11. The van der Waals surface area contributed by atoms with Gasteiger partial charge in [-0.15, -0.1) is 0 Å². The molecule has 1 aromatic carbocycles. The maximum atomic E-state index is 5.86. The lowest BCUT2D eigenvalue weighted by atomic mass is 10.1. The van der Waals surface area contributed by atoms with Crippen molar-refractivity contribution in [1.82, 2.24) is 19.9 Å². The van der Waals surface area contributed by atoms with Crippen molar-refractivity contribution in [3.05, 3.63) is 77.5 Å². The number of rotatable bonds is 6. The Hall–Kier alpha value is -3.38. The molecule has 29 heavy (non-hydrogen) atoms. The largest absolute Gasteiger partial charge is 0.496 e. The topological polar surface area (TPSA) is 72.9 Å². The van der Waals surface area contributed by atoms with Crippen LogP contribution in [0.15, 0.2) is 61.1 Å². The fraction of sp³-hybridized carbons (Fsp3) is 0.136. The SMILES string of the molecule is COc1cc(OCc2ccc(C)cn2)ccc1-c1cnc(-c2ccc(Cl)nc2)[nH]1. The molecular formula is C22H19ClN4O2. The summed E-state index contributed by atoms with van der Waals surface area (Å²) in [5.74, 6) is 2.09. The molecule has 3 heterocycles. The average molecular weight is 407 g/mol. The Kier molecular flexibility index (Phi) is 5.44. The number of nitrogens with zero attached hydrogens (tertiary/aromatic N) is 3. The first-order chi connectivity index (χ1) is 14.1. The minimum atomic E-state index is 0.389. The van der Waals surface area contributed by atoms with Gasteiger partial charge in [0.15, 0.2) is 0 Å². The molecule has 0 atom stereocenters. The van der Waals surface area contributed by atoms with Crippen LogP contribution in [0.2, 0.25) is 5.15 Å². The molecule has 0 spiro atoms. The van der Waals surface area contributed by atoms with Crippen molar-refractivity contribution >= 4 is 11.6 Å². The molecule has 0 aliphatic heterocycles. The van der Waals surface area contributed by atoms with E-state index in [-0.39, 0.29) is 0 Å². The van der Waals surface area contributed by atoms with Gasteiger partial charge in [-0.05, 0) is 42.8 Å². The second-order valence-electron chi connectivity index (χ2n) is 6.49. The van der Waals surface area contributed by atoms with Crippen LogP contribution >= 0.6 is 11.6 Å². The molecule has 0 amide bonds. The van der Waals surface area contributed by atoms with E-state index in [9.17, 15) is 0 Å². The van der Waals surface area contributed by atoms with Gasteiger partial charge in [0.1, 0.15) is 29.1 Å². The van der Waals surface area contributed by atoms with Crippen LogP contribution in [0.1, 0.15) is 11.3 Å². The number of hydrogen-bond acceptors (Lipinski definition) is 5. The zero-order valence-electron chi connectivity index (χ0n) is 16.0. The van der Waals surface area contributed by atoms with Gasteiger partial charge < -0.3 is 14.5 Å². The molecule has 0 unspecified atom stereocenters. The number of methoxy groups -OCH3 is 1. The van der Waals surface area contributed by atoms with E-state index in [0.29, 0.717) is 29.1 Å². The highest BCUT2D eigenvalue weighted by atomic mass is 35.5. The van der Waals surface area contributed by atoms with Crippen molar-refractivity contribution in [3.63, 3.8) is 0 Å². The van der Waals surface area contributed by atoms with Crippen molar-refractivity contribution in [2.24, 2.45) is 0 Å². The van der Waals surface area contributed by atoms with Gasteiger partial charge in [0.25, 0.3) is 0 Å². The van der Waals surface area contributed by atoms with E-state index in [1.54, 1.807) is 25.6 Å². The van der Waals surface area contributed by atoms with E-state index in [1.165, 1.54) is 0 Å². The number of ether oxygens (including phenoxy) is 2. The number of benzene rings is 1. The smallest absolute Gasteiger partial charge is 0.139 e. The highest BCUT2D eigenvalue weighted by molar-refractivity contribution is 6.29. The molecule has 3 aromatic heterocycles. The lowest BCUT2D eigenvalue weighted by Crippen LogP contribution is -1.99. The number of imidazole rings is 1. The van der Waals surface area contributed by atoms with Crippen LogP contribution in [0.3, 0.4) is 0 Å². The van der Waals surface area contributed by atoms with Gasteiger partial charge in [-0.1, -0.05) is 17.7 Å². The Bertz CT molecular complexity index is 1110. The Morgan fingerprint density at radius 1 is 0.966 bits per heavy atom. The highest BCUT2D eigenvalue weighted by Gasteiger charge is 2.12. The lowest BCUT2D eigenvalue weighted by molar-refractivity contribution is 0.299. The fourth-order valence-corrected chi connectivity index (χ4v) is 2.96. The van der Waals surface area contributed by atoms with Crippen molar-refractivity contribution < 1.29 is 9.47 Å². The number of aryl methyl sites for hydroxylation is 1. The Labute approximate surface area is 173 Å². The normalized spacial score (nSPS) is 10.7. The number of aromatic nitrogens is 4. The molecule has 7 heteroatoms. The highest BCUT2D eigenvalue weighted by Crippen LogP contribution is 2.33. The molecule has 0 radical (unpaired) electrons. The van der Waals surface area contributed by atoms with Crippen molar-refractivity contribution in [2.75, 3.05) is 7.11 Å². The van der Waals surface area contributed by atoms with Crippen LogP contribution in [0.4, 0.5) is 0 Å². The Balaban J connectivity index is 1.54. The van der Waals surface area contributed by atoms with Crippen LogP contribution in [-0.4, -0.2) is 27.0 Å². The Morgan fingerprint density at radius 2 is 1.86 bits per heavy atom. The summed E-state index contributed by atoms with van der Waals surface area (Å²) in [4.78, 5) is 16.2. The second kappa shape index (κ2) is 8.32. The van der Waals surface area contributed by atoms with Crippen LogP contribution in [-0.2, 0) is 6.61 Å². The summed E-state index contributed by atoms with van der Waals surface area (Å²) in [6.07, 6.45) is 5.27. The number of H-pyrrole nitrogens is 1. The molecule has 0 aliphatic carbocycles. The van der Waals surface area contributed by atoms with E-state index in [2.05, 4.69) is 19.9 Å². The average Bonchev–Trinajstić information content (AvgIpc) is 3.23. The number of nitrogens with one attached hydrogen (secondary N) is 1. The van der Waals surface area contributed by atoms with Crippen LogP contribution in [0.5, 0.6) is 11.5 Å². The number of halogens is 1. The first-order valence-corrected chi connectivity index (χ1v) is 9.40. The van der Waals surface area contributed by atoms with E-state index < -0.39 is 0 Å². The third kappa shape index (κ3) is 4.38. The van der Waals surface area contributed by atoms with Crippen LogP contribution < -0.4 is 9.47 Å². The van der Waals surface area contributed by atoms with E-state index in [1.807, 2.05) is 49.5 Å². The van der Waals surface area contributed by atoms with E-state index in [0.717, 1.165) is 28.1 Å². The zero-order chi connectivity index (χ0) is 20.2. The summed E-state index contributed by atoms with van der Waals surface area (Å²) in [5.41, 5.74) is 4.55. The minimum absolute atomic E-state index is 0.389. The molecule has 6 nitrogen and oxygen atoms in total. The first-order valence-electron chi connectivity index (χ1n) is 9.02. The standard InChI is InChI=1S/C22H19ClN4O2/c1-14-3-5-16(24-10-14)13-29-17-6-7-18(20(9-17)28-2)19-12-26-22(27-19)15-4-8-21(23)25-11-15/h3-12H,13H2,1-2H3,(H,26,27). The van der Waals surface area contributed by atoms with E-state index >= 15 is 0 Å². The van der Waals surface area contributed by atoms with Crippen molar-refractivity contribution in [2.45, 2.75) is 13.5 Å².